The molecule has 2 atom stereocenters. The quantitative estimate of drug-likeness (QED) is 0.398. The van der Waals surface area contributed by atoms with Crippen LogP contribution in [0, 0.1) is 11.8 Å². The van der Waals surface area contributed by atoms with Crippen molar-refractivity contribution in [1.82, 2.24) is 10.0 Å². The molecule has 8 heteroatoms. The largest absolute Gasteiger partial charge is 0.291 e. The fourth-order valence-corrected chi connectivity index (χ4v) is 4.79. The number of hydrogen-bond donors (Lipinski definition) is 0. The van der Waals surface area contributed by atoms with Crippen LogP contribution in [-0.2, 0) is 9.59 Å². The van der Waals surface area contributed by atoms with E-state index in [4.69, 9.17) is 11.6 Å². The number of benzene rings is 1. The average Bonchev–Trinajstić information content (AvgIpc) is 3.34. The molecule has 2 aromatic rings. The maximum Gasteiger partial charge on any atom is 0.274 e. The van der Waals surface area contributed by atoms with Crippen LogP contribution in [-0.4, -0.2) is 40.1 Å². The van der Waals surface area contributed by atoms with Crippen LogP contribution in [0.3, 0.4) is 0 Å². The number of nitrogens with zero attached hydrogens (tertiary/aromatic N) is 2. The first-order valence-corrected chi connectivity index (χ1v) is 10.8. The number of Topliss-reactive ketones (excluding diaryl/α,β-unsaturated/α-hetero) is 1. The number of halogens is 1. The minimum Gasteiger partial charge on any atom is -0.291 e. The van der Waals surface area contributed by atoms with Gasteiger partial charge in [-0.05, 0) is 43.3 Å². The minimum absolute atomic E-state index is 0.128. The number of ketones is 1. The molecule has 1 fully saturated rings. The van der Waals surface area contributed by atoms with Crippen LogP contribution < -0.4 is 0 Å². The number of allylic oxidation sites excluding steroid dienone is 2. The Bertz CT molecular complexity index is 1060. The molecule has 2 aliphatic rings. The highest BCUT2D eigenvalue weighted by Crippen LogP contribution is 2.38. The van der Waals surface area contributed by atoms with Gasteiger partial charge in [0.15, 0.2) is 5.78 Å². The summed E-state index contributed by atoms with van der Waals surface area (Å²) in [5.41, 5.74) is 1.17. The summed E-state index contributed by atoms with van der Waals surface area (Å²) in [5, 5.41) is 3.77. The number of amides is 3. The highest BCUT2D eigenvalue weighted by atomic mass is 35.5. The lowest BCUT2D eigenvalue weighted by Crippen LogP contribution is -2.52. The van der Waals surface area contributed by atoms with E-state index in [1.807, 2.05) is 13.0 Å². The van der Waals surface area contributed by atoms with Crippen molar-refractivity contribution >= 4 is 46.4 Å². The predicted molar refractivity (Wildman–Crippen MR) is 113 cm³/mol. The highest BCUT2D eigenvalue weighted by Gasteiger charge is 2.51. The van der Waals surface area contributed by atoms with Crippen LogP contribution in [0.5, 0.6) is 0 Å². The summed E-state index contributed by atoms with van der Waals surface area (Å²) < 4.78 is 0. The van der Waals surface area contributed by atoms with Gasteiger partial charge in [0.05, 0.1) is 27.3 Å². The summed E-state index contributed by atoms with van der Waals surface area (Å²) in [4.78, 5) is 52.9. The lowest BCUT2D eigenvalue weighted by molar-refractivity contribution is -0.154. The van der Waals surface area contributed by atoms with E-state index in [2.05, 4.69) is 0 Å². The number of hydrogen-bond acceptors (Lipinski definition) is 5. The molecule has 0 spiro atoms. The van der Waals surface area contributed by atoms with Gasteiger partial charge in [0.2, 0.25) is 0 Å². The summed E-state index contributed by atoms with van der Waals surface area (Å²) in [7, 11) is 0. The third kappa shape index (κ3) is 3.59. The molecule has 0 saturated carbocycles. The van der Waals surface area contributed by atoms with Crippen LogP contribution in [0.15, 0.2) is 53.4 Å². The van der Waals surface area contributed by atoms with Crippen molar-refractivity contribution in [3.8, 4) is 0 Å². The van der Waals surface area contributed by atoms with E-state index in [9.17, 15) is 19.2 Å². The van der Waals surface area contributed by atoms with Crippen LogP contribution in [0.1, 0.15) is 39.8 Å². The van der Waals surface area contributed by atoms with Gasteiger partial charge in [-0.1, -0.05) is 41.4 Å². The highest BCUT2D eigenvalue weighted by molar-refractivity contribution is 7.12. The molecule has 4 rings (SSSR count). The number of carbonyl (C=O) groups excluding carboxylic acids is 4. The molecule has 3 amide bonds. The number of imide groups is 1. The van der Waals surface area contributed by atoms with Gasteiger partial charge >= 0.3 is 0 Å². The second-order valence-electron chi connectivity index (χ2n) is 7.43. The number of fused-ring (bicyclic) bond motifs is 1. The number of rotatable bonds is 5. The first kappa shape index (κ1) is 20.5. The Kier molecular flexibility index (Phi) is 5.58. The molecular weight excluding hydrogens is 424 g/mol. The Hall–Kier alpha value is -2.77. The van der Waals surface area contributed by atoms with Crippen molar-refractivity contribution in [3.05, 3.63) is 68.9 Å². The molecule has 0 radical (unpaired) electrons. The summed E-state index contributed by atoms with van der Waals surface area (Å²) in [6.07, 6.45) is 2.87. The fraction of sp³-hybridized carbons (Fsp3) is 0.273. The first-order chi connectivity index (χ1) is 14.4. The zero-order valence-corrected chi connectivity index (χ0v) is 17.8. The van der Waals surface area contributed by atoms with Gasteiger partial charge in [-0.2, -0.15) is 5.01 Å². The van der Waals surface area contributed by atoms with Crippen molar-refractivity contribution in [1.29, 1.82) is 0 Å². The van der Waals surface area contributed by atoms with E-state index in [1.54, 1.807) is 35.7 Å². The predicted octanol–water partition coefficient (Wildman–Crippen LogP) is 3.98. The van der Waals surface area contributed by atoms with Crippen LogP contribution in [0.25, 0.3) is 0 Å². The second kappa shape index (κ2) is 8.16. The fourth-order valence-electron chi connectivity index (χ4n) is 3.92. The molecule has 6 nitrogen and oxygen atoms in total. The lowest BCUT2D eigenvalue weighted by atomic mass is 9.82. The Morgan fingerprint density at radius 2 is 1.87 bits per heavy atom. The molecule has 1 aromatic heterocycles. The molecular formula is C22H19ClN2O4S. The summed E-state index contributed by atoms with van der Waals surface area (Å²) in [6, 6.07) is 9.75. The third-order valence-corrected chi connectivity index (χ3v) is 6.71. The van der Waals surface area contributed by atoms with E-state index in [-0.39, 0.29) is 16.4 Å². The van der Waals surface area contributed by atoms with Gasteiger partial charge in [0, 0.05) is 0 Å². The molecule has 0 N–H and O–H groups in total. The normalized spacial score (nSPS) is 20.7. The van der Waals surface area contributed by atoms with Crippen LogP contribution in [0.2, 0.25) is 5.02 Å². The Morgan fingerprint density at radius 3 is 2.57 bits per heavy atom. The number of thiophene rings is 1. The van der Waals surface area contributed by atoms with Gasteiger partial charge in [0.25, 0.3) is 17.7 Å². The maximum atomic E-state index is 13.4. The number of hydrazine groups is 1. The molecule has 154 valence electrons. The van der Waals surface area contributed by atoms with E-state index in [1.165, 1.54) is 17.4 Å². The van der Waals surface area contributed by atoms with E-state index in [0.29, 0.717) is 17.7 Å². The Balaban J connectivity index is 1.71. The summed E-state index contributed by atoms with van der Waals surface area (Å²) >= 11 is 7.43. The molecule has 1 aliphatic carbocycles. The van der Waals surface area contributed by atoms with Crippen molar-refractivity contribution in [2.75, 3.05) is 6.54 Å². The van der Waals surface area contributed by atoms with E-state index < -0.39 is 36.1 Å². The van der Waals surface area contributed by atoms with Crippen molar-refractivity contribution < 1.29 is 19.2 Å². The smallest absolute Gasteiger partial charge is 0.274 e. The maximum absolute atomic E-state index is 13.4. The van der Waals surface area contributed by atoms with Crippen molar-refractivity contribution in [2.24, 2.45) is 11.8 Å². The summed E-state index contributed by atoms with van der Waals surface area (Å²) in [5.74, 6) is -2.93. The first-order valence-electron chi connectivity index (χ1n) is 9.55. The molecule has 30 heavy (non-hydrogen) atoms. The molecule has 1 aromatic carbocycles. The van der Waals surface area contributed by atoms with Gasteiger partial charge in [-0.3, -0.25) is 19.2 Å². The monoisotopic (exact) mass is 442 g/mol. The van der Waals surface area contributed by atoms with Crippen LogP contribution in [0.4, 0.5) is 0 Å². The Labute approximate surface area is 182 Å². The SMILES string of the molecule is CC1=CC[C@@H]2C(=O)N(N(CC(=O)c3cccs3)C(=O)c3ccccc3Cl)C(=O)[C@H]2C1. The standard InChI is InChI=1S/C22H19ClN2O4S/c1-13-8-9-14-16(11-13)22(29)25(21(14)28)24(12-18(26)19-7-4-10-30-19)20(27)15-5-2-3-6-17(15)23/h2-8,10,14,16H,9,11-12H2,1H3/t14-,16-/m0/s1. The van der Waals surface area contributed by atoms with Crippen molar-refractivity contribution in [2.45, 2.75) is 19.8 Å². The molecule has 1 saturated heterocycles. The van der Waals surface area contributed by atoms with Crippen molar-refractivity contribution in [3.63, 3.8) is 0 Å². The summed E-state index contributed by atoms with van der Waals surface area (Å²) in [6.45, 7) is 1.50. The molecule has 0 unspecified atom stereocenters. The van der Waals surface area contributed by atoms with E-state index in [0.717, 1.165) is 15.6 Å². The second-order valence-corrected chi connectivity index (χ2v) is 8.79. The zero-order chi connectivity index (χ0) is 21.4. The Morgan fingerprint density at radius 1 is 1.13 bits per heavy atom. The molecule has 1 aliphatic heterocycles. The number of carbonyl (C=O) groups is 4. The molecule has 2 heterocycles. The lowest BCUT2D eigenvalue weighted by Gasteiger charge is -2.30. The zero-order valence-electron chi connectivity index (χ0n) is 16.2. The van der Waals surface area contributed by atoms with Gasteiger partial charge in [0.1, 0.15) is 6.54 Å². The van der Waals surface area contributed by atoms with Gasteiger partial charge < -0.3 is 0 Å². The topological polar surface area (TPSA) is 74.8 Å². The van der Waals surface area contributed by atoms with E-state index >= 15 is 0 Å². The molecule has 0 bridgehead atoms. The van der Waals surface area contributed by atoms with Gasteiger partial charge in [-0.25, -0.2) is 5.01 Å². The third-order valence-electron chi connectivity index (χ3n) is 5.47. The van der Waals surface area contributed by atoms with Gasteiger partial charge in [-0.15, -0.1) is 11.3 Å². The minimum atomic E-state index is -0.657. The average molecular weight is 443 g/mol. The van der Waals surface area contributed by atoms with Crippen LogP contribution >= 0.6 is 22.9 Å².